The molecular weight excluding hydrogens is 586 g/mol. The standard InChI is InChI=1S/C30H35N7O6S/c1-21-15-28(34-30(33-21)36-12-11-31-20-36)35-13-14-37(44(39,40)25-8-6-24(41-2)7-9-25)23(19-35)17-29(38)32-18-22-5-10-26(42-3)27(16-22)43-4/h5-12,15-16,20,23H,13-14,17-19H2,1-4H3,(H,32,38). The van der Waals surface area contributed by atoms with Crippen LogP contribution in [0.15, 0.2) is 72.1 Å². The zero-order valence-corrected chi connectivity index (χ0v) is 25.8. The van der Waals surface area contributed by atoms with E-state index in [1.807, 2.05) is 24.0 Å². The van der Waals surface area contributed by atoms with Gasteiger partial charge in [0.25, 0.3) is 0 Å². The third-order valence-electron chi connectivity index (χ3n) is 7.34. The number of piperazine rings is 1. The number of carbonyl (C=O) groups excluding carboxylic acids is 1. The third kappa shape index (κ3) is 6.76. The molecule has 0 saturated carbocycles. The van der Waals surface area contributed by atoms with Crippen LogP contribution in [-0.2, 0) is 21.4 Å². The lowest BCUT2D eigenvalue weighted by Gasteiger charge is -2.41. The Hall–Kier alpha value is -4.69. The van der Waals surface area contributed by atoms with E-state index < -0.39 is 16.1 Å². The Labute approximate surface area is 256 Å². The molecule has 14 heteroatoms. The van der Waals surface area contributed by atoms with E-state index in [4.69, 9.17) is 19.2 Å². The molecule has 1 atom stereocenters. The first-order chi connectivity index (χ1) is 21.2. The van der Waals surface area contributed by atoms with E-state index in [0.29, 0.717) is 35.6 Å². The Morgan fingerprint density at radius 3 is 2.43 bits per heavy atom. The summed E-state index contributed by atoms with van der Waals surface area (Å²) in [5.74, 6) is 2.48. The van der Waals surface area contributed by atoms with Crippen LogP contribution < -0.4 is 24.4 Å². The van der Waals surface area contributed by atoms with Crippen LogP contribution in [0.3, 0.4) is 0 Å². The number of hydrogen-bond donors (Lipinski definition) is 1. The lowest BCUT2D eigenvalue weighted by Crippen LogP contribution is -2.56. The maximum atomic E-state index is 13.9. The molecule has 2 aromatic carbocycles. The van der Waals surface area contributed by atoms with Crippen molar-refractivity contribution >= 4 is 21.7 Å². The van der Waals surface area contributed by atoms with Crippen molar-refractivity contribution in [2.45, 2.75) is 30.8 Å². The predicted octanol–water partition coefficient (Wildman–Crippen LogP) is 2.58. The summed E-state index contributed by atoms with van der Waals surface area (Å²) in [6, 6.07) is 12.8. The highest BCUT2D eigenvalue weighted by Gasteiger charge is 2.38. The summed E-state index contributed by atoms with van der Waals surface area (Å²) in [5, 5.41) is 2.93. The van der Waals surface area contributed by atoms with Gasteiger partial charge < -0.3 is 24.4 Å². The molecule has 44 heavy (non-hydrogen) atoms. The number of hydrogen-bond acceptors (Lipinski definition) is 10. The number of anilines is 1. The van der Waals surface area contributed by atoms with Crippen LogP contribution >= 0.6 is 0 Å². The number of carbonyl (C=O) groups is 1. The van der Waals surface area contributed by atoms with E-state index in [2.05, 4.69) is 15.3 Å². The summed E-state index contributed by atoms with van der Waals surface area (Å²) in [7, 11) is 0.694. The van der Waals surface area contributed by atoms with Crippen LogP contribution in [0.4, 0.5) is 5.82 Å². The van der Waals surface area contributed by atoms with Crippen LogP contribution in [0, 0.1) is 6.92 Å². The van der Waals surface area contributed by atoms with Gasteiger partial charge >= 0.3 is 0 Å². The van der Waals surface area contributed by atoms with Crippen molar-refractivity contribution in [3.05, 3.63) is 78.5 Å². The topological polar surface area (TPSA) is 141 Å². The number of ether oxygens (including phenoxy) is 3. The van der Waals surface area contributed by atoms with Gasteiger partial charge in [0.05, 0.1) is 32.3 Å². The van der Waals surface area contributed by atoms with Crippen molar-refractivity contribution in [2.24, 2.45) is 0 Å². The average Bonchev–Trinajstić information content (AvgIpc) is 3.59. The van der Waals surface area contributed by atoms with E-state index in [1.165, 1.54) is 23.5 Å². The van der Waals surface area contributed by atoms with E-state index in [9.17, 15) is 13.2 Å². The molecule has 3 heterocycles. The van der Waals surface area contributed by atoms with Gasteiger partial charge in [-0.3, -0.25) is 9.36 Å². The number of nitrogens with zero attached hydrogens (tertiary/aromatic N) is 6. The van der Waals surface area contributed by atoms with Gasteiger partial charge in [0.15, 0.2) is 11.5 Å². The Balaban J connectivity index is 1.39. The smallest absolute Gasteiger partial charge is 0.243 e. The Kier molecular flexibility index (Phi) is 9.30. The molecule has 2 aromatic heterocycles. The van der Waals surface area contributed by atoms with Crippen molar-refractivity contribution in [3.63, 3.8) is 0 Å². The van der Waals surface area contributed by atoms with Gasteiger partial charge in [-0.15, -0.1) is 0 Å². The molecule has 1 amide bonds. The van der Waals surface area contributed by atoms with Gasteiger partial charge in [-0.1, -0.05) is 6.07 Å². The highest BCUT2D eigenvalue weighted by molar-refractivity contribution is 7.89. The first-order valence-corrected chi connectivity index (χ1v) is 15.4. The number of nitrogens with one attached hydrogen (secondary N) is 1. The molecule has 1 saturated heterocycles. The highest BCUT2D eigenvalue weighted by atomic mass is 32.2. The van der Waals surface area contributed by atoms with E-state index >= 15 is 0 Å². The normalized spacial score (nSPS) is 15.5. The molecule has 0 spiro atoms. The lowest BCUT2D eigenvalue weighted by molar-refractivity contribution is -0.122. The number of benzene rings is 2. The number of rotatable bonds is 11. The molecule has 1 N–H and O–H groups in total. The minimum absolute atomic E-state index is 0.0579. The average molecular weight is 622 g/mol. The minimum Gasteiger partial charge on any atom is -0.497 e. The summed E-state index contributed by atoms with van der Waals surface area (Å²) >= 11 is 0. The molecular formula is C30H35N7O6S. The number of aromatic nitrogens is 4. The van der Waals surface area contributed by atoms with E-state index in [0.717, 1.165) is 11.3 Å². The molecule has 0 aliphatic carbocycles. The van der Waals surface area contributed by atoms with Crippen LogP contribution in [0.2, 0.25) is 0 Å². The number of imidazole rings is 1. The maximum absolute atomic E-state index is 13.9. The molecule has 1 aliphatic heterocycles. The van der Waals surface area contributed by atoms with Gasteiger partial charge in [0, 0.05) is 56.8 Å². The SMILES string of the molecule is COc1ccc(S(=O)(=O)N2CCN(c3cc(C)nc(-n4ccnc4)n3)CC2CC(=O)NCc2ccc(OC)c(OC)c2)cc1. The van der Waals surface area contributed by atoms with Crippen molar-refractivity contribution < 1.29 is 27.4 Å². The van der Waals surface area contributed by atoms with Gasteiger partial charge in [-0.25, -0.2) is 18.4 Å². The molecule has 1 aliphatic rings. The van der Waals surface area contributed by atoms with Gasteiger partial charge in [0.1, 0.15) is 17.9 Å². The van der Waals surface area contributed by atoms with E-state index in [1.54, 1.807) is 61.8 Å². The fourth-order valence-electron chi connectivity index (χ4n) is 5.08. The quantitative estimate of drug-likeness (QED) is 0.266. The molecule has 4 aromatic rings. The summed E-state index contributed by atoms with van der Waals surface area (Å²) in [6.45, 7) is 2.89. The first kappa shape index (κ1) is 30.8. The largest absolute Gasteiger partial charge is 0.497 e. The molecule has 1 fully saturated rings. The summed E-state index contributed by atoms with van der Waals surface area (Å²) in [5.41, 5.74) is 1.56. The Morgan fingerprint density at radius 1 is 0.977 bits per heavy atom. The molecule has 0 radical (unpaired) electrons. The van der Waals surface area contributed by atoms with Crippen molar-refractivity contribution in [2.75, 3.05) is 45.9 Å². The molecule has 1 unspecified atom stereocenters. The molecule has 0 bridgehead atoms. The fraction of sp³-hybridized carbons (Fsp3) is 0.333. The van der Waals surface area contributed by atoms with Crippen molar-refractivity contribution in [1.29, 1.82) is 0 Å². The maximum Gasteiger partial charge on any atom is 0.243 e. The second-order valence-electron chi connectivity index (χ2n) is 10.2. The fourth-order valence-corrected chi connectivity index (χ4v) is 6.69. The van der Waals surface area contributed by atoms with Crippen molar-refractivity contribution in [3.8, 4) is 23.2 Å². The van der Waals surface area contributed by atoms with Crippen LogP contribution in [-0.4, -0.2) is 85.2 Å². The summed E-state index contributed by atoms with van der Waals surface area (Å²) in [4.78, 5) is 28.7. The lowest BCUT2D eigenvalue weighted by atomic mass is 10.1. The molecule has 5 rings (SSSR count). The zero-order valence-electron chi connectivity index (χ0n) is 25.0. The monoisotopic (exact) mass is 621 g/mol. The van der Waals surface area contributed by atoms with Crippen LogP contribution in [0.1, 0.15) is 17.7 Å². The Bertz CT molecular complexity index is 1700. The minimum atomic E-state index is -3.93. The summed E-state index contributed by atoms with van der Waals surface area (Å²) < 4.78 is 46.7. The Morgan fingerprint density at radius 2 is 1.75 bits per heavy atom. The van der Waals surface area contributed by atoms with Crippen molar-refractivity contribution in [1.82, 2.24) is 29.1 Å². The number of aryl methyl sites for hydroxylation is 1. The second kappa shape index (κ2) is 13.3. The number of amides is 1. The first-order valence-electron chi connectivity index (χ1n) is 13.9. The van der Waals surface area contributed by atoms with Crippen LogP contribution in [0.25, 0.3) is 5.95 Å². The highest BCUT2D eigenvalue weighted by Crippen LogP contribution is 2.29. The molecule has 13 nitrogen and oxygen atoms in total. The van der Waals surface area contributed by atoms with Gasteiger partial charge in [-0.05, 0) is 48.9 Å². The molecule has 232 valence electrons. The van der Waals surface area contributed by atoms with Gasteiger partial charge in [0.2, 0.25) is 21.9 Å². The number of sulfonamides is 1. The van der Waals surface area contributed by atoms with Crippen LogP contribution in [0.5, 0.6) is 17.2 Å². The third-order valence-corrected chi connectivity index (χ3v) is 9.31. The number of methoxy groups -OCH3 is 3. The van der Waals surface area contributed by atoms with Gasteiger partial charge in [-0.2, -0.15) is 9.29 Å². The van der Waals surface area contributed by atoms with E-state index in [-0.39, 0.29) is 36.9 Å². The second-order valence-corrected chi connectivity index (χ2v) is 12.1. The predicted molar refractivity (Wildman–Crippen MR) is 163 cm³/mol. The summed E-state index contributed by atoms with van der Waals surface area (Å²) in [6.07, 6.45) is 4.95. The zero-order chi connectivity index (χ0) is 31.3.